The standard InChI is InChI=1S/C17H17N3O2/c1-3-11-20-17(21)16-15(12(2)18-20)14(22-19-16)10-9-13-7-5-4-6-8-13/h4-10H,3,11H2,1-2H3/b10-9+. The Morgan fingerprint density at radius 1 is 1.23 bits per heavy atom. The summed E-state index contributed by atoms with van der Waals surface area (Å²) in [5.74, 6) is 0.560. The molecule has 22 heavy (non-hydrogen) atoms. The number of fused-ring (bicyclic) bond motifs is 1. The quantitative estimate of drug-likeness (QED) is 0.741. The van der Waals surface area contributed by atoms with E-state index in [9.17, 15) is 4.79 Å². The van der Waals surface area contributed by atoms with E-state index in [1.807, 2.05) is 56.3 Å². The summed E-state index contributed by atoms with van der Waals surface area (Å²) in [7, 11) is 0. The van der Waals surface area contributed by atoms with Crippen molar-refractivity contribution in [3.63, 3.8) is 0 Å². The lowest BCUT2D eigenvalue weighted by molar-refractivity contribution is 0.420. The minimum Gasteiger partial charge on any atom is -0.355 e. The Morgan fingerprint density at radius 2 is 2.00 bits per heavy atom. The van der Waals surface area contributed by atoms with Gasteiger partial charge in [-0.1, -0.05) is 48.5 Å². The minimum absolute atomic E-state index is 0.203. The molecule has 5 heteroatoms. The molecule has 0 amide bonds. The third-order valence-electron chi connectivity index (χ3n) is 3.45. The van der Waals surface area contributed by atoms with Crippen molar-refractivity contribution in [3.8, 4) is 0 Å². The fourth-order valence-corrected chi connectivity index (χ4v) is 2.41. The van der Waals surface area contributed by atoms with Crippen LogP contribution in [0.1, 0.15) is 30.4 Å². The van der Waals surface area contributed by atoms with Crippen molar-refractivity contribution in [2.75, 3.05) is 0 Å². The first-order valence-electron chi connectivity index (χ1n) is 7.31. The van der Waals surface area contributed by atoms with Crippen molar-refractivity contribution >= 4 is 23.1 Å². The van der Waals surface area contributed by atoms with Crippen LogP contribution in [-0.2, 0) is 6.54 Å². The summed E-state index contributed by atoms with van der Waals surface area (Å²) in [6.07, 6.45) is 4.59. The molecule has 0 radical (unpaired) electrons. The van der Waals surface area contributed by atoms with Gasteiger partial charge >= 0.3 is 0 Å². The molecule has 3 rings (SSSR count). The predicted molar refractivity (Wildman–Crippen MR) is 86.5 cm³/mol. The normalized spacial score (nSPS) is 11.5. The van der Waals surface area contributed by atoms with Crippen LogP contribution in [0.25, 0.3) is 23.1 Å². The molecule has 112 valence electrons. The van der Waals surface area contributed by atoms with Gasteiger partial charge in [-0.05, 0) is 25.0 Å². The van der Waals surface area contributed by atoms with Gasteiger partial charge in [-0.15, -0.1) is 0 Å². The van der Waals surface area contributed by atoms with Crippen LogP contribution in [0.3, 0.4) is 0 Å². The van der Waals surface area contributed by atoms with Crippen LogP contribution in [0.2, 0.25) is 0 Å². The summed E-state index contributed by atoms with van der Waals surface area (Å²) in [5, 5.41) is 8.97. The molecule has 0 aliphatic carbocycles. The summed E-state index contributed by atoms with van der Waals surface area (Å²) in [4.78, 5) is 12.3. The number of benzene rings is 1. The zero-order valence-electron chi connectivity index (χ0n) is 12.6. The first kappa shape index (κ1) is 14.3. The average Bonchev–Trinajstić information content (AvgIpc) is 2.96. The van der Waals surface area contributed by atoms with Crippen LogP contribution in [-0.4, -0.2) is 14.9 Å². The lowest BCUT2D eigenvalue weighted by Gasteiger charge is -2.03. The second-order valence-corrected chi connectivity index (χ2v) is 5.13. The zero-order chi connectivity index (χ0) is 15.5. The lowest BCUT2D eigenvalue weighted by atomic mass is 10.1. The SMILES string of the molecule is CCCn1nc(C)c2c(/C=C/c3ccccc3)onc2c1=O. The molecule has 0 N–H and O–H groups in total. The smallest absolute Gasteiger partial charge is 0.296 e. The molecule has 0 fully saturated rings. The van der Waals surface area contributed by atoms with Crippen molar-refractivity contribution < 1.29 is 4.52 Å². The molecular weight excluding hydrogens is 278 g/mol. The van der Waals surface area contributed by atoms with Gasteiger partial charge in [0.25, 0.3) is 5.56 Å². The number of rotatable bonds is 4. The van der Waals surface area contributed by atoms with E-state index in [4.69, 9.17) is 4.52 Å². The van der Waals surface area contributed by atoms with E-state index in [0.717, 1.165) is 17.7 Å². The Morgan fingerprint density at radius 3 is 2.73 bits per heavy atom. The summed E-state index contributed by atoms with van der Waals surface area (Å²) >= 11 is 0. The fourth-order valence-electron chi connectivity index (χ4n) is 2.41. The summed E-state index contributed by atoms with van der Waals surface area (Å²) < 4.78 is 6.79. The fraction of sp³-hybridized carbons (Fsp3) is 0.235. The Labute approximate surface area is 127 Å². The summed E-state index contributed by atoms with van der Waals surface area (Å²) in [6.45, 7) is 4.45. The molecule has 0 bridgehead atoms. The molecule has 0 saturated carbocycles. The second kappa shape index (κ2) is 5.97. The molecule has 0 unspecified atom stereocenters. The van der Waals surface area contributed by atoms with Gasteiger partial charge < -0.3 is 4.52 Å². The van der Waals surface area contributed by atoms with Gasteiger partial charge in [0.15, 0.2) is 11.3 Å². The Hall–Kier alpha value is -2.69. The van der Waals surface area contributed by atoms with E-state index in [-0.39, 0.29) is 5.56 Å². The van der Waals surface area contributed by atoms with Crippen LogP contribution in [0.15, 0.2) is 39.6 Å². The third-order valence-corrected chi connectivity index (χ3v) is 3.45. The molecule has 0 aliphatic heterocycles. The molecule has 0 spiro atoms. The highest BCUT2D eigenvalue weighted by molar-refractivity contribution is 5.89. The van der Waals surface area contributed by atoms with E-state index >= 15 is 0 Å². The van der Waals surface area contributed by atoms with Crippen LogP contribution < -0.4 is 5.56 Å². The van der Waals surface area contributed by atoms with Crippen LogP contribution in [0, 0.1) is 6.92 Å². The molecule has 0 saturated heterocycles. The first-order chi connectivity index (χ1) is 10.7. The predicted octanol–water partition coefficient (Wildman–Crippen LogP) is 3.27. The van der Waals surface area contributed by atoms with E-state index in [2.05, 4.69) is 10.3 Å². The molecule has 2 heterocycles. The molecule has 3 aromatic rings. The number of hydrogen-bond acceptors (Lipinski definition) is 4. The molecule has 0 aliphatic rings. The van der Waals surface area contributed by atoms with Gasteiger partial charge in [-0.2, -0.15) is 5.10 Å². The van der Waals surface area contributed by atoms with Crippen LogP contribution in [0.5, 0.6) is 0 Å². The third kappa shape index (κ3) is 2.57. The highest BCUT2D eigenvalue weighted by Gasteiger charge is 2.15. The van der Waals surface area contributed by atoms with E-state index in [1.54, 1.807) is 0 Å². The summed E-state index contributed by atoms with van der Waals surface area (Å²) in [6, 6.07) is 9.89. The minimum atomic E-state index is -0.203. The molecule has 2 aromatic heterocycles. The number of aromatic nitrogens is 3. The van der Waals surface area contributed by atoms with Gasteiger partial charge in [-0.25, -0.2) is 4.68 Å². The maximum Gasteiger partial charge on any atom is 0.296 e. The molecular formula is C17H17N3O2. The number of nitrogens with zero attached hydrogens (tertiary/aromatic N) is 3. The topological polar surface area (TPSA) is 60.9 Å². The molecule has 0 atom stereocenters. The first-order valence-corrected chi connectivity index (χ1v) is 7.31. The van der Waals surface area contributed by atoms with Crippen LogP contribution >= 0.6 is 0 Å². The number of aryl methyl sites for hydroxylation is 2. The Balaban J connectivity index is 2.07. The Bertz CT molecular complexity index is 876. The highest BCUT2D eigenvalue weighted by Crippen LogP contribution is 2.20. The van der Waals surface area contributed by atoms with Crippen molar-refractivity contribution in [3.05, 3.63) is 57.7 Å². The highest BCUT2D eigenvalue weighted by atomic mass is 16.5. The molecule has 5 nitrogen and oxygen atoms in total. The lowest BCUT2D eigenvalue weighted by Crippen LogP contribution is -2.24. The largest absolute Gasteiger partial charge is 0.355 e. The van der Waals surface area contributed by atoms with E-state index in [0.29, 0.717) is 23.2 Å². The average molecular weight is 295 g/mol. The van der Waals surface area contributed by atoms with Crippen molar-refractivity contribution in [2.24, 2.45) is 0 Å². The van der Waals surface area contributed by atoms with Crippen molar-refractivity contribution in [1.29, 1.82) is 0 Å². The van der Waals surface area contributed by atoms with Gasteiger partial charge in [0.1, 0.15) is 0 Å². The van der Waals surface area contributed by atoms with Crippen molar-refractivity contribution in [2.45, 2.75) is 26.8 Å². The van der Waals surface area contributed by atoms with Crippen molar-refractivity contribution in [1.82, 2.24) is 14.9 Å². The van der Waals surface area contributed by atoms with Gasteiger partial charge in [0.2, 0.25) is 0 Å². The zero-order valence-corrected chi connectivity index (χ0v) is 12.6. The summed E-state index contributed by atoms with van der Waals surface area (Å²) in [5.41, 5.74) is 1.94. The maximum atomic E-state index is 12.3. The van der Waals surface area contributed by atoms with Gasteiger partial charge in [-0.3, -0.25) is 4.79 Å². The maximum absolute atomic E-state index is 12.3. The number of hydrogen-bond donors (Lipinski definition) is 0. The van der Waals surface area contributed by atoms with Gasteiger partial charge in [0, 0.05) is 6.54 Å². The monoisotopic (exact) mass is 295 g/mol. The Kier molecular flexibility index (Phi) is 3.87. The van der Waals surface area contributed by atoms with E-state index < -0.39 is 0 Å². The second-order valence-electron chi connectivity index (χ2n) is 5.13. The van der Waals surface area contributed by atoms with E-state index in [1.165, 1.54) is 4.68 Å². The van der Waals surface area contributed by atoms with Gasteiger partial charge in [0.05, 0.1) is 11.1 Å². The molecule has 1 aromatic carbocycles. The van der Waals surface area contributed by atoms with Crippen LogP contribution in [0.4, 0.5) is 0 Å².